The minimum absolute atomic E-state index is 0.121. The number of esters is 1. The highest BCUT2D eigenvalue weighted by molar-refractivity contribution is 14.1. The fourth-order valence-corrected chi connectivity index (χ4v) is 2.15. The predicted molar refractivity (Wildman–Crippen MR) is 75.0 cm³/mol. The Hall–Kier alpha value is -1.17. The molecule has 0 aliphatic heterocycles. The van der Waals surface area contributed by atoms with Crippen LogP contribution in [-0.2, 0) is 4.74 Å². The number of hydrogen-bond donors (Lipinski definition) is 0. The first-order valence-electron chi connectivity index (χ1n) is 5.34. The molecule has 17 heavy (non-hydrogen) atoms. The van der Waals surface area contributed by atoms with Crippen LogP contribution in [0.25, 0.3) is 10.9 Å². The molecule has 0 N–H and O–H groups in total. The zero-order valence-corrected chi connectivity index (χ0v) is 11.8. The number of pyridine rings is 1. The highest BCUT2D eigenvalue weighted by Crippen LogP contribution is 2.19. The van der Waals surface area contributed by atoms with Gasteiger partial charge in [0.2, 0.25) is 0 Å². The predicted octanol–water partition coefficient (Wildman–Crippen LogP) is 3.40. The first-order chi connectivity index (χ1) is 8.08. The Labute approximate surface area is 113 Å². The van der Waals surface area contributed by atoms with Gasteiger partial charge >= 0.3 is 5.97 Å². The Balaban J connectivity index is 2.47. The van der Waals surface area contributed by atoms with E-state index in [1.807, 2.05) is 44.2 Å². The van der Waals surface area contributed by atoms with Crippen LogP contribution in [0.4, 0.5) is 0 Å². The fourth-order valence-electron chi connectivity index (χ4n) is 1.51. The van der Waals surface area contributed by atoms with Crippen LogP contribution >= 0.6 is 22.6 Å². The van der Waals surface area contributed by atoms with Crippen molar-refractivity contribution >= 4 is 39.5 Å². The second-order valence-corrected chi connectivity index (χ2v) is 5.00. The van der Waals surface area contributed by atoms with E-state index in [4.69, 9.17) is 4.74 Å². The number of carbonyl (C=O) groups is 1. The summed E-state index contributed by atoms with van der Waals surface area (Å²) < 4.78 is 5.86. The summed E-state index contributed by atoms with van der Waals surface area (Å²) in [5.74, 6) is -0.317. The van der Waals surface area contributed by atoms with Crippen LogP contribution in [0.5, 0.6) is 0 Å². The van der Waals surface area contributed by atoms with E-state index in [0.29, 0.717) is 9.26 Å². The van der Waals surface area contributed by atoms with Gasteiger partial charge in [0.05, 0.1) is 17.2 Å². The zero-order chi connectivity index (χ0) is 12.4. The van der Waals surface area contributed by atoms with E-state index in [1.165, 1.54) is 0 Å². The Morgan fingerprint density at radius 1 is 1.35 bits per heavy atom. The lowest BCUT2D eigenvalue weighted by Crippen LogP contribution is -2.13. The van der Waals surface area contributed by atoms with E-state index in [-0.39, 0.29) is 12.1 Å². The van der Waals surface area contributed by atoms with Crippen molar-refractivity contribution in [1.29, 1.82) is 0 Å². The molecule has 2 aromatic rings. The van der Waals surface area contributed by atoms with Crippen LogP contribution in [0.3, 0.4) is 0 Å². The van der Waals surface area contributed by atoms with Crippen molar-refractivity contribution in [2.75, 3.05) is 0 Å². The Morgan fingerprint density at radius 2 is 2.06 bits per heavy atom. The van der Waals surface area contributed by atoms with E-state index in [1.54, 1.807) is 0 Å². The van der Waals surface area contributed by atoms with Gasteiger partial charge in [-0.05, 0) is 48.6 Å². The number of nitrogens with zero attached hydrogens (tertiary/aromatic N) is 1. The molecule has 0 saturated heterocycles. The smallest absolute Gasteiger partial charge is 0.341 e. The maximum absolute atomic E-state index is 11.9. The van der Waals surface area contributed by atoms with Gasteiger partial charge < -0.3 is 4.74 Å². The molecule has 0 saturated carbocycles. The van der Waals surface area contributed by atoms with Gasteiger partial charge in [0.25, 0.3) is 0 Å². The van der Waals surface area contributed by atoms with Crippen LogP contribution in [-0.4, -0.2) is 17.1 Å². The van der Waals surface area contributed by atoms with Gasteiger partial charge in [-0.25, -0.2) is 9.78 Å². The quantitative estimate of drug-likeness (QED) is 0.477. The molecule has 0 radical (unpaired) electrons. The number of rotatable bonds is 2. The number of hydrogen-bond acceptors (Lipinski definition) is 3. The third-order valence-electron chi connectivity index (χ3n) is 2.24. The summed E-state index contributed by atoms with van der Waals surface area (Å²) in [5.41, 5.74) is 1.41. The molecule has 0 spiro atoms. The third kappa shape index (κ3) is 2.74. The van der Waals surface area contributed by atoms with Crippen LogP contribution in [0.15, 0.2) is 30.3 Å². The molecule has 0 fully saturated rings. The average molecular weight is 341 g/mol. The van der Waals surface area contributed by atoms with Crippen LogP contribution in [0, 0.1) is 3.70 Å². The molecular weight excluding hydrogens is 329 g/mol. The van der Waals surface area contributed by atoms with E-state index in [9.17, 15) is 4.79 Å². The van der Waals surface area contributed by atoms with Gasteiger partial charge in [0.15, 0.2) is 0 Å². The minimum atomic E-state index is -0.317. The van der Waals surface area contributed by atoms with E-state index in [0.717, 1.165) is 10.9 Å². The molecule has 2 rings (SSSR count). The number of para-hydroxylation sites is 1. The Kier molecular flexibility index (Phi) is 3.61. The second-order valence-electron chi connectivity index (χ2n) is 3.97. The second kappa shape index (κ2) is 5.00. The molecule has 0 atom stereocenters. The topological polar surface area (TPSA) is 39.2 Å². The lowest BCUT2D eigenvalue weighted by molar-refractivity contribution is 0.0376. The number of halogens is 1. The maximum atomic E-state index is 11.9. The van der Waals surface area contributed by atoms with Crippen molar-refractivity contribution in [2.45, 2.75) is 20.0 Å². The number of fused-ring (bicyclic) bond motifs is 1. The maximum Gasteiger partial charge on any atom is 0.341 e. The molecule has 0 aliphatic rings. The van der Waals surface area contributed by atoms with Crippen LogP contribution in [0.1, 0.15) is 24.2 Å². The SMILES string of the molecule is CC(C)OC(=O)c1cc2ccccc2nc1I. The number of ether oxygens (including phenoxy) is 1. The summed E-state index contributed by atoms with van der Waals surface area (Å²) in [6.07, 6.45) is -0.121. The lowest BCUT2D eigenvalue weighted by atomic mass is 10.1. The van der Waals surface area contributed by atoms with Crippen LogP contribution < -0.4 is 0 Å². The zero-order valence-electron chi connectivity index (χ0n) is 9.61. The fraction of sp³-hybridized carbons (Fsp3) is 0.231. The largest absolute Gasteiger partial charge is 0.459 e. The molecular formula is C13H12INO2. The Morgan fingerprint density at radius 3 is 2.76 bits per heavy atom. The van der Waals surface area contributed by atoms with E-state index in [2.05, 4.69) is 27.6 Å². The summed E-state index contributed by atoms with van der Waals surface area (Å²) in [6.45, 7) is 3.67. The Bertz CT molecular complexity index is 566. The molecule has 0 amide bonds. The monoisotopic (exact) mass is 341 g/mol. The number of aromatic nitrogens is 1. The van der Waals surface area contributed by atoms with Gasteiger partial charge in [-0.1, -0.05) is 18.2 Å². The molecule has 0 aliphatic carbocycles. The summed E-state index contributed by atoms with van der Waals surface area (Å²) in [6, 6.07) is 9.54. The number of carbonyl (C=O) groups excluding carboxylic acids is 1. The third-order valence-corrected chi connectivity index (χ3v) is 3.06. The molecule has 4 heteroatoms. The van der Waals surface area contributed by atoms with Crippen molar-refractivity contribution in [2.24, 2.45) is 0 Å². The summed E-state index contributed by atoms with van der Waals surface area (Å²) in [7, 11) is 0. The molecule has 0 bridgehead atoms. The summed E-state index contributed by atoms with van der Waals surface area (Å²) in [5, 5.41) is 0.948. The van der Waals surface area contributed by atoms with Crippen molar-refractivity contribution in [1.82, 2.24) is 4.98 Å². The first-order valence-corrected chi connectivity index (χ1v) is 6.42. The van der Waals surface area contributed by atoms with Gasteiger partial charge in [0, 0.05) is 5.39 Å². The van der Waals surface area contributed by atoms with E-state index >= 15 is 0 Å². The summed E-state index contributed by atoms with van der Waals surface area (Å²) >= 11 is 2.06. The van der Waals surface area contributed by atoms with Gasteiger partial charge in [-0.15, -0.1) is 0 Å². The van der Waals surface area contributed by atoms with E-state index < -0.39 is 0 Å². The van der Waals surface area contributed by atoms with Crippen molar-refractivity contribution in [3.63, 3.8) is 0 Å². The average Bonchev–Trinajstić information content (AvgIpc) is 2.27. The van der Waals surface area contributed by atoms with Crippen molar-refractivity contribution < 1.29 is 9.53 Å². The van der Waals surface area contributed by atoms with Gasteiger partial charge in [-0.2, -0.15) is 0 Å². The van der Waals surface area contributed by atoms with Gasteiger partial charge in [-0.3, -0.25) is 0 Å². The molecule has 1 aromatic heterocycles. The molecule has 0 unspecified atom stereocenters. The normalized spacial score (nSPS) is 10.8. The highest BCUT2D eigenvalue weighted by Gasteiger charge is 2.15. The molecule has 1 heterocycles. The van der Waals surface area contributed by atoms with Gasteiger partial charge in [0.1, 0.15) is 3.70 Å². The summed E-state index contributed by atoms with van der Waals surface area (Å²) in [4.78, 5) is 16.2. The standard InChI is InChI=1S/C13H12INO2/c1-8(2)17-13(16)10-7-9-5-3-4-6-11(9)15-12(10)14/h3-8H,1-2H3. The first kappa shape index (κ1) is 12.3. The molecule has 3 nitrogen and oxygen atoms in total. The molecule has 1 aromatic carbocycles. The minimum Gasteiger partial charge on any atom is -0.459 e. The van der Waals surface area contributed by atoms with Crippen molar-refractivity contribution in [3.05, 3.63) is 39.6 Å². The highest BCUT2D eigenvalue weighted by atomic mass is 127. The van der Waals surface area contributed by atoms with Crippen molar-refractivity contribution in [3.8, 4) is 0 Å². The number of benzene rings is 1. The van der Waals surface area contributed by atoms with Crippen LogP contribution in [0.2, 0.25) is 0 Å². The lowest BCUT2D eigenvalue weighted by Gasteiger charge is -2.09. The molecule has 88 valence electrons.